The molecule has 4 nitrogen and oxygen atoms in total. The van der Waals surface area contributed by atoms with Crippen molar-refractivity contribution in [2.24, 2.45) is 5.73 Å². The van der Waals surface area contributed by atoms with Crippen molar-refractivity contribution in [1.82, 2.24) is 4.98 Å². The van der Waals surface area contributed by atoms with E-state index in [2.05, 4.69) is 4.98 Å². The van der Waals surface area contributed by atoms with E-state index in [9.17, 15) is 4.79 Å². The van der Waals surface area contributed by atoms with Gasteiger partial charge in [0.25, 0.3) is 0 Å². The number of pyridine rings is 1. The number of ether oxygens (including phenoxy) is 1. The van der Waals surface area contributed by atoms with Crippen LogP contribution in [0.2, 0.25) is 0 Å². The number of hydrogen-bond acceptors (Lipinski definition) is 3. The average molecular weight is 194 g/mol. The van der Waals surface area contributed by atoms with Gasteiger partial charge in [0.15, 0.2) is 0 Å². The van der Waals surface area contributed by atoms with Crippen LogP contribution in [0.3, 0.4) is 0 Å². The first-order valence-electron chi connectivity index (χ1n) is 4.33. The van der Waals surface area contributed by atoms with Gasteiger partial charge in [-0.15, -0.1) is 0 Å². The summed E-state index contributed by atoms with van der Waals surface area (Å²) in [6.45, 7) is 6.09. The third kappa shape index (κ3) is 2.73. The van der Waals surface area contributed by atoms with E-state index in [0.717, 1.165) is 5.69 Å². The summed E-state index contributed by atoms with van der Waals surface area (Å²) in [5.74, 6) is 0.428. The maximum Gasteiger partial charge on any atom is 0.409 e. The molecule has 0 saturated carbocycles. The monoisotopic (exact) mass is 194 g/mol. The largest absolute Gasteiger partial charge is 0.410 e. The molecule has 2 N–H and O–H groups in total. The van der Waals surface area contributed by atoms with Crippen LogP contribution in [0.1, 0.15) is 26.5 Å². The van der Waals surface area contributed by atoms with E-state index < -0.39 is 6.09 Å². The number of rotatable bonds is 1. The van der Waals surface area contributed by atoms with Gasteiger partial charge in [0.2, 0.25) is 0 Å². The Kier molecular flexibility index (Phi) is 2.74. The Hall–Kier alpha value is -1.58. The minimum absolute atomic E-state index is 0.0724. The molecule has 1 amide bonds. The fourth-order valence-corrected chi connectivity index (χ4v) is 1.00. The molecule has 14 heavy (non-hydrogen) atoms. The first-order valence-corrected chi connectivity index (χ1v) is 4.33. The van der Waals surface area contributed by atoms with Crippen LogP contribution in [0.15, 0.2) is 18.3 Å². The summed E-state index contributed by atoms with van der Waals surface area (Å²) < 4.78 is 4.75. The second-order valence-electron chi connectivity index (χ2n) is 4.05. The molecule has 4 heteroatoms. The maximum atomic E-state index is 10.5. The van der Waals surface area contributed by atoms with Crippen LogP contribution in [0.5, 0.6) is 5.75 Å². The van der Waals surface area contributed by atoms with Crippen molar-refractivity contribution in [2.45, 2.75) is 26.2 Å². The molecule has 1 aromatic heterocycles. The maximum absolute atomic E-state index is 10.5. The topological polar surface area (TPSA) is 65.2 Å². The summed E-state index contributed by atoms with van der Waals surface area (Å²) in [4.78, 5) is 14.7. The van der Waals surface area contributed by atoms with E-state index in [4.69, 9.17) is 10.5 Å². The van der Waals surface area contributed by atoms with Crippen LogP contribution in [0, 0.1) is 0 Å². The van der Waals surface area contributed by atoms with Crippen molar-refractivity contribution in [3.63, 3.8) is 0 Å². The molecule has 0 bridgehead atoms. The lowest BCUT2D eigenvalue weighted by Gasteiger charge is -2.17. The van der Waals surface area contributed by atoms with Gasteiger partial charge in [0.1, 0.15) is 5.75 Å². The Bertz CT molecular complexity index is 342. The van der Waals surface area contributed by atoms with Crippen molar-refractivity contribution < 1.29 is 9.53 Å². The Morgan fingerprint density at radius 3 is 2.64 bits per heavy atom. The van der Waals surface area contributed by atoms with Gasteiger partial charge in [-0.1, -0.05) is 20.8 Å². The Labute approximate surface area is 83.1 Å². The number of carbonyl (C=O) groups is 1. The molecular formula is C10H14N2O2. The Balaban J connectivity index is 2.95. The van der Waals surface area contributed by atoms with Crippen LogP contribution < -0.4 is 10.5 Å². The summed E-state index contributed by atoms with van der Waals surface area (Å²) in [5.41, 5.74) is 5.69. The number of primary amides is 1. The first kappa shape index (κ1) is 10.5. The molecule has 0 atom stereocenters. The van der Waals surface area contributed by atoms with Crippen molar-refractivity contribution in [1.29, 1.82) is 0 Å². The Morgan fingerprint density at radius 2 is 2.14 bits per heavy atom. The third-order valence-corrected chi connectivity index (χ3v) is 1.72. The smallest absolute Gasteiger partial charge is 0.409 e. The molecule has 1 aromatic rings. The second kappa shape index (κ2) is 3.65. The number of nitrogens with zero attached hydrogens (tertiary/aromatic N) is 1. The number of nitrogens with two attached hydrogens (primary N) is 1. The highest BCUT2D eigenvalue weighted by molar-refractivity contribution is 5.68. The highest BCUT2D eigenvalue weighted by Gasteiger charge is 2.16. The molecule has 0 aliphatic carbocycles. The van der Waals surface area contributed by atoms with Crippen LogP contribution in [0.4, 0.5) is 4.79 Å². The molecule has 1 rings (SSSR count). The van der Waals surface area contributed by atoms with Crippen LogP contribution >= 0.6 is 0 Å². The third-order valence-electron chi connectivity index (χ3n) is 1.72. The van der Waals surface area contributed by atoms with Crippen LogP contribution in [0.25, 0.3) is 0 Å². The highest BCUT2D eigenvalue weighted by atomic mass is 16.5. The molecule has 0 aromatic carbocycles. The van der Waals surface area contributed by atoms with Gasteiger partial charge in [-0.25, -0.2) is 4.79 Å². The van der Waals surface area contributed by atoms with Crippen LogP contribution in [-0.4, -0.2) is 11.1 Å². The van der Waals surface area contributed by atoms with E-state index in [0.29, 0.717) is 5.75 Å². The summed E-state index contributed by atoms with van der Waals surface area (Å²) in [6.07, 6.45) is 0.787. The van der Waals surface area contributed by atoms with Crippen molar-refractivity contribution in [3.8, 4) is 5.75 Å². The standard InChI is InChI=1S/C10H14N2O2/c1-10(2,3)8-6-7(4-5-12-8)14-9(11)13/h4-6H,1-3H3,(H2,11,13). The lowest BCUT2D eigenvalue weighted by molar-refractivity contribution is 0.210. The average Bonchev–Trinajstić information content (AvgIpc) is 2.01. The zero-order chi connectivity index (χ0) is 10.8. The van der Waals surface area contributed by atoms with Gasteiger partial charge in [-0.05, 0) is 6.07 Å². The lowest BCUT2D eigenvalue weighted by Crippen LogP contribution is -2.18. The van der Waals surface area contributed by atoms with Gasteiger partial charge in [-0.2, -0.15) is 0 Å². The van der Waals surface area contributed by atoms with Gasteiger partial charge >= 0.3 is 6.09 Å². The van der Waals surface area contributed by atoms with E-state index in [1.165, 1.54) is 0 Å². The second-order valence-corrected chi connectivity index (χ2v) is 4.05. The fraction of sp³-hybridized carbons (Fsp3) is 0.400. The molecular weight excluding hydrogens is 180 g/mol. The van der Waals surface area contributed by atoms with Crippen molar-refractivity contribution in [2.75, 3.05) is 0 Å². The quantitative estimate of drug-likeness (QED) is 0.741. The van der Waals surface area contributed by atoms with E-state index in [-0.39, 0.29) is 5.41 Å². The molecule has 0 aliphatic rings. The predicted octanol–water partition coefficient (Wildman–Crippen LogP) is 1.84. The van der Waals surface area contributed by atoms with Gasteiger partial charge in [-0.3, -0.25) is 4.98 Å². The molecule has 0 fully saturated rings. The van der Waals surface area contributed by atoms with Gasteiger partial charge < -0.3 is 10.5 Å². The summed E-state index contributed by atoms with van der Waals surface area (Å²) in [5, 5.41) is 0. The number of amides is 1. The first-order chi connectivity index (χ1) is 6.39. The molecule has 1 heterocycles. The normalized spacial score (nSPS) is 11.1. The van der Waals surface area contributed by atoms with Gasteiger partial charge in [0, 0.05) is 23.4 Å². The van der Waals surface area contributed by atoms with E-state index in [1.54, 1.807) is 18.3 Å². The minimum Gasteiger partial charge on any atom is -0.410 e. The van der Waals surface area contributed by atoms with Crippen LogP contribution in [-0.2, 0) is 5.41 Å². The lowest BCUT2D eigenvalue weighted by atomic mass is 9.92. The molecule has 0 spiro atoms. The molecule has 0 radical (unpaired) electrons. The SMILES string of the molecule is CC(C)(C)c1cc(OC(N)=O)ccn1. The fourth-order valence-electron chi connectivity index (χ4n) is 1.00. The van der Waals surface area contributed by atoms with Crippen molar-refractivity contribution >= 4 is 6.09 Å². The summed E-state index contributed by atoms with van der Waals surface area (Å²) in [6, 6.07) is 3.31. The van der Waals surface area contributed by atoms with E-state index >= 15 is 0 Å². The summed E-state index contributed by atoms with van der Waals surface area (Å²) >= 11 is 0. The zero-order valence-corrected chi connectivity index (χ0v) is 8.57. The summed E-state index contributed by atoms with van der Waals surface area (Å²) in [7, 11) is 0. The van der Waals surface area contributed by atoms with Gasteiger partial charge in [0.05, 0.1) is 0 Å². The van der Waals surface area contributed by atoms with Crippen molar-refractivity contribution in [3.05, 3.63) is 24.0 Å². The predicted molar refractivity (Wildman–Crippen MR) is 53.1 cm³/mol. The minimum atomic E-state index is -0.809. The molecule has 76 valence electrons. The molecule has 0 saturated heterocycles. The zero-order valence-electron chi connectivity index (χ0n) is 8.57. The number of carbonyl (C=O) groups excluding carboxylic acids is 1. The van der Waals surface area contributed by atoms with E-state index in [1.807, 2.05) is 20.8 Å². The molecule has 0 aliphatic heterocycles. The number of hydrogen-bond donors (Lipinski definition) is 1. The highest BCUT2D eigenvalue weighted by Crippen LogP contribution is 2.23. The number of aromatic nitrogens is 1. The Morgan fingerprint density at radius 1 is 1.50 bits per heavy atom. The molecule has 0 unspecified atom stereocenters.